The summed E-state index contributed by atoms with van der Waals surface area (Å²) in [6.07, 6.45) is 1.82. The van der Waals surface area contributed by atoms with Gasteiger partial charge in [0.25, 0.3) is 0 Å². The summed E-state index contributed by atoms with van der Waals surface area (Å²) < 4.78 is 0. The molecule has 3 atom stereocenters. The van der Waals surface area contributed by atoms with E-state index in [0.29, 0.717) is 22.3 Å². The highest BCUT2D eigenvalue weighted by atomic mass is 16.3. The van der Waals surface area contributed by atoms with Crippen LogP contribution in [0.25, 0.3) is 0 Å². The van der Waals surface area contributed by atoms with Crippen LogP contribution in [0.4, 0.5) is 0 Å². The Kier molecular flexibility index (Phi) is 4.20. The number of aliphatic hydroxyl groups is 5. The van der Waals surface area contributed by atoms with E-state index in [2.05, 4.69) is 0 Å². The van der Waals surface area contributed by atoms with Crippen molar-refractivity contribution in [3.63, 3.8) is 0 Å². The van der Waals surface area contributed by atoms with Crippen molar-refractivity contribution in [2.45, 2.75) is 32.5 Å². The summed E-state index contributed by atoms with van der Waals surface area (Å²) in [4.78, 5) is 0. The third-order valence-electron chi connectivity index (χ3n) is 6.36. The molecule has 1 saturated carbocycles. The fourth-order valence-electron chi connectivity index (χ4n) is 4.54. The van der Waals surface area contributed by atoms with Gasteiger partial charge in [-0.1, -0.05) is 19.9 Å². The van der Waals surface area contributed by atoms with Crippen LogP contribution in [0.5, 0.6) is 5.75 Å². The minimum absolute atomic E-state index is 0.0668. The monoisotopic (exact) mass is 348 g/mol. The lowest BCUT2D eigenvalue weighted by Crippen LogP contribution is -2.20. The first kappa shape index (κ1) is 17.9. The fourth-order valence-corrected chi connectivity index (χ4v) is 4.54. The number of aromatic hydroxyl groups is 1. The zero-order valence-electron chi connectivity index (χ0n) is 14.3. The maximum absolute atomic E-state index is 10.4. The molecule has 1 aromatic rings. The summed E-state index contributed by atoms with van der Waals surface area (Å²) in [5, 5.41) is 58.8. The van der Waals surface area contributed by atoms with E-state index >= 15 is 0 Å². The van der Waals surface area contributed by atoms with Gasteiger partial charge in [0.15, 0.2) is 0 Å². The highest BCUT2D eigenvalue weighted by molar-refractivity contribution is 5.59. The second-order valence-corrected chi connectivity index (χ2v) is 7.18. The standard InChI is InChI=1S/C19H24O6/c1-18(13-3-10(6-20)16(24)11(4-13)7-21)15-5-12(8-22)17(25)14(9-23)19(15,18)2/h3-5,15,20-25H,6-9H2,1-2H3. The van der Waals surface area contributed by atoms with Gasteiger partial charge in [0.1, 0.15) is 11.5 Å². The Labute approximate surface area is 146 Å². The molecule has 0 spiro atoms. The van der Waals surface area contributed by atoms with Gasteiger partial charge in [-0.25, -0.2) is 0 Å². The Morgan fingerprint density at radius 2 is 1.40 bits per heavy atom. The van der Waals surface area contributed by atoms with Gasteiger partial charge in [0.05, 0.1) is 26.4 Å². The van der Waals surface area contributed by atoms with Crippen LogP contribution in [0.3, 0.4) is 0 Å². The molecule has 0 aromatic heterocycles. The van der Waals surface area contributed by atoms with Gasteiger partial charge in [-0.3, -0.25) is 0 Å². The molecule has 0 saturated heterocycles. The Bertz CT molecular complexity index is 755. The Morgan fingerprint density at radius 3 is 1.84 bits per heavy atom. The van der Waals surface area contributed by atoms with Gasteiger partial charge >= 0.3 is 0 Å². The molecular weight excluding hydrogens is 324 g/mol. The molecule has 0 radical (unpaired) electrons. The van der Waals surface area contributed by atoms with Crippen molar-refractivity contribution in [3.8, 4) is 5.75 Å². The third kappa shape index (κ3) is 2.12. The molecule has 0 aliphatic heterocycles. The van der Waals surface area contributed by atoms with Crippen molar-refractivity contribution in [1.29, 1.82) is 0 Å². The number of phenols is 1. The van der Waals surface area contributed by atoms with E-state index < -0.39 is 10.8 Å². The van der Waals surface area contributed by atoms with Crippen LogP contribution in [0.2, 0.25) is 0 Å². The molecule has 1 aromatic carbocycles. The van der Waals surface area contributed by atoms with E-state index in [1.54, 1.807) is 12.1 Å². The zero-order valence-corrected chi connectivity index (χ0v) is 14.3. The first-order chi connectivity index (χ1) is 11.8. The van der Waals surface area contributed by atoms with Gasteiger partial charge < -0.3 is 30.6 Å². The first-order valence-electron chi connectivity index (χ1n) is 8.23. The van der Waals surface area contributed by atoms with Crippen LogP contribution in [0.1, 0.15) is 30.5 Å². The molecule has 1 fully saturated rings. The highest BCUT2D eigenvalue weighted by Gasteiger charge is 2.73. The number of aliphatic hydroxyl groups excluding tert-OH is 5. The summed E-state index contributed by atoms with van der Waals surface area (Å²) in [6, 6.07) is 3.38. The molecule has 25 heavy (non-hydrogen) atoms. The molecular formula is C19H24O6. The van der Waals surface area contributed by atoms with Crippen LogP contribution in [0.15, 0.2) is 35.1 Å². The minimum Gasteiger partial charge on any atom is -0.508 e. The van der Waals surface area contributed by atoms with E-state index in [9.17, 15) is 30.6 Å². The Hall–Kier alpha value is -1.86. The average Bonchev–Trinajstić information content (AvgIpc) is 3.10. The largest absolute Gasteiger partial charge is 0.508 e. The van der Waals surface area contributed by atoms with Crippen LogP contribution >= 0.6 is 0 Å². The maximum Gasteiger partial charge on any atom is 0.126 e. The Balaban J connectivity index is 2.19. The van der Waals surface area contributed by atoms with Crippen molar-refractivity contribution in [2.24, 2.45) is 11.3 Å². The third-order valence-corrected chi connectivity index (χ3v) is 6.36. The Morgan fingerprint density at radius 1 is 0.840 bits per heavy atom. The fraction of sp³-hybridized carbons (Fsp3) is 0.474. The van der Waals surface area contributed by atoms with Crippen molar-refractivity contribution in [2.75, 3.05) is 13.2 Å². The molecule has 136 valence electrons. The van der Waals surface area contributed by atoms with E-state index in [4.69, 9.17) is 0 Å². The summed E-state index contributed by atoms with van der Waals surface area (Å²) in [5.74, 6) is -0.266. The maximum atomic E-state index is 10.4. The van der Waals surface area contributed by atoms with E-state index in [0.717, 1.165) is 5.56 Å². The first-order valence-corrected chi connectivity index (χ1v) is 8.23. The summed E-state index contributed by atoms with van der Waals surface area (Å²) in [7, 11) is 0. The molecule has 6 N–H and O–H groups in total. The lowest BCUT2D eigenvalue weighted by Gasteiger charge is -2.24. The van der Waals surface area contributed by atoms with Gasteiger partial charge in [0, 0.05) is 33.1 Å². The SMILES string of the molecule is CC12C(CO)=C(O)C(CO)=CC1C2(C)c1cc(CO)c(O)c(CO)c1. The molecule has 2 aliphatic rings. The zero-order chi connectivity index (χ0) is 18.6. The van der Waals surface area contributed by atoms with Crippen molar-refractivity contribution in [1.82, 2.24) is 0 Å². The molecule has 6 nitrogen and oxygen atoms in total. The molecule has 3 unspecified atom stereocenters. The van der Waals surface area contributed by atoms with Gasteiger partial charge in [-0.15, -0.1) is 0 Å². The van der Waals surface area contributed by atoms with E-state index in [1.807, 2.05) is 19.9 Å². The number of benzene rings is 1. The number of allylic oxidation sites excluding steroid dienone is 1. The second kappa shape index (κ2) is 5.85. The lowest BCUT2D eigenvalue weighted by molar-refractivity contribution is 0.262. The molecule has 6 heteroatoms. The average molecular weight is 348 g/mol. The van der Waals surface area contributed by atoms with Crippen molar-refractivity contribution in [3.05, 3.63) is 51.8 Å². The number of hydrogen-bond acceptors (Lipinski definition) is 6. The van der Waals surface area contributed by atoms with Crippen molar-refractivity contribution >= 4 is 0 Å². The van der Waals surface area contributed by atoms with Crippen molar-refractivity contribution < 1.29 is 30.6 Å². The number of fused-ring (bicyclic) bond motifs is 1. The van der Waals surface area contributed by atoms with Gasteiger partial charge in [-0.2, -0.15) is 0 Å². The minimum atomic E-state index is -0.555. The summed E-state index contributed by atoms with van der Waals surface area (Å²) in [6.45, 7) is 2.53. The second-order valence-electron chi connectivity index (χ2n) is 7.18. The van der Waals surface area contributed by atoms with Crippen LogP contribution in [-0.4, -0.2) is 43.9 Å². The molecule has 0 bridgehead atoms. The summed E-state index contributed by atoms with van der Waals surface area (Å²) >= 11 is 0. The normalized spacial score (nSPS) is 31.0. The topological polar surface area (TPSA) is 121 Å². The van der Waals surface area contributed by atoms with Crippen LogP contribution in [0, 0.1) is 11.3 Å². The van der Waals surface area contributed by atoms with E-state index in [1.165, 1.54) is 0 Å². The summed E-state index contributed by atoms with van der Waals surface area (Å²) in [5.41, 5.74) is 1.22. The highest BCUT2D eigenvalue weighted by Crippen LogP contribution is 2.75. The lowest BCUT2D eigenvalue weighted by atomic mass is 9.81. The number of hydrogen-bond donors (Lipinski definition) is 6. The van der Waals surface area contributed by atoms with Gasteiger partial charge in [0.2, 0.25) is 0 Å². The molecule has 0 amide bonds. The quantitative estimate of drug-likeness (QED) is 0.472. The predicted molar refractivity (Wildman–Crippen MR) is 90.8 cm³/mol. The van der Waals surface area contributed by atoms with Gasteiger partial charge in [-0.05, 0) is 23.6 Å². The molecule has 0 heterocycles. The van der Waals surface area contributed by atoms with E-state index in [-0.39, 0.29) is 43.9 Å². The number of rotatable bonds is 5. The molecule has 2 aliphatic carbocycles. The van der Waals surface area contributed by atoms with Crippen LogP contribution in [-0.2, 0) is 18.6 Å². The smallest absolute Gasteiger partial charge is 0.126 e. The van der Waals surface area contributed by atoms with Crippen LogP contribution < -0.4 is 0 Å². The predicted octanol–water partition coefficient (Wildman–Crippen LogP) is 1.01. The molecule has 3 rings (SSSR count).